The summed E-state index contributed by atoms with van der Waals surface area (Å²) in [6.45, 7) is 4.85. The number of carbonyl (C=O) groups excluding carboxylic acids is 2. The fraction of sp³-hybridized carbons (Fsp3) is 0.400. The Morgan fingerprint density at radius 2 is 2.09 bits per heavy atom. The van der Waals surface area contributed by atoms with Crippen molar-refractivity contribution < 1.29 is 14.0 Å². The number of carbonyl (C=O) groups is 2. The van der Waals surface area contributed by atoms with Crippen LogP contribution in [0.2, 0.25) is 0 Å². The summed E-state index contributed by atoms with van der Waals surface area (Å²) in [6.07, 6.45) is 0.133. The van der Waals surface area contributed by atoms with Crippen LogP contribution in [0.15, 0.2) is 29.3 Å². The SMILES string of the molecule is CCN=C1S[C@H](C(=O)Nc2ccc(F)cc2)CC(=O)N1CC. The summed E-state index contributed by atoms with van der Waals surface area (Å²) in [5.41, 5.74) is 0.506. The molecule has 1 heterocycles. The van der Waals surface area contributed by atoms with Crippen LogP contribution in [-0.4, -0.2) is 40.2 Å². The van der Waals surface area contributed by atoms with Gasteiger partial charge in [-0.15, -0.1) is 0 Å². The Labute approximate surface area is 133 Å². The van der Waals surface area contributed by atoms with Gasteiger partial charge in [0.2, 0.25) is 11.8 Å². The molecule has 1 atom stereocenters. The number of halogens is 1. The van der Waals surface area contributed by atoms with Gasteiger partial charge in [-0.1, -0.05) is 11.8 Å². The third-order valence-corrected chi connectivity index (χ3v) is 4.38. The van der Waals surface area contributed by atoms with Gasteiger partial charge in [0.1, 0.15) is 11.1 Å². The second-order valence-electron chi connectivity index (χ2n) is 4.70. The fourth-order valence-corrected chi connectivity index (χ4v) is 3.29. The minimum absolute atomic E-state index is 0.104. The van der Waals surface area contributed by atoms with Crippen molar-refractivity contribution in [3.05, 3.63) is 30.1 Å². The van der Waals surface area contributed by atoms with Crippen molar-refractivity contribution in [1.29, 1.82) is 0 Å². The molecule has 2 rings (SSSR count). The maximum absolute atomic E-state index is 12.9. The molecule has 1 fully saturated rings. The minimum atomic E-state index is -0.523. The van der Waals surface area contributed by atoms with Crippen molar-refractivity contribution >= 4 is 34.4 Å². The molecule has 1 N–H and O–H groups in total. The van der Waals surface area contributed by atoms with Gasteiger partial charge < -0.3 is 5.32 Å². The summed E-state index contributed by atoms with van der Waals surface area (Å²) in [5.74, 6) is -0.742. The van der Waals surface area contributed by atoms with Crippen LogP contribution < -0.4 is 5.32 Å². The van der Waals surface area contributed by atoms with E-state index in [4.69, 9.17) is 0 Å². The van der Waals surface area contributed by atoms with Gasteiger partial charge in [-0.2, -0.15) is 0 Å². The van der Waals surface area contributed by atoms with E-state index in [1.807, 2.05) is 13.8 Å². The van der Waals surface area contributed by atoms with Gasteiger partial charge in [0, 0.05) is 25.2 Å². The van der Waals surface area contributed by atoms with Crippen LogP contribution in [0, 0.1) is 5.82 Å². The van der Waals surface area contributed by atoms with E-state index in [9.17, 15) is 14.0 Å². The summed E-state index contributed by atoms with van der Waals surface area (Å²) < 4.78 is 12.9. The third kappa shape index (κ3) is 3.85. The number of anilines is 1. The van der Waals surface area contributed by atoms with Crippen LogP contribution >= 0.6 is 11.8 Å². The van der Waals surface area contributed by atoms with E-state index < -0.39 is 5.25 Å². The maximum atomic E-state index is 12.9. The average Bonchev–Trinajstić information content (AvgIpc) is 2.49. The Balaban J connectivity index is 2.08. The Bertz CT molecular complexity index is 589. The van der Waals surface area contributed by atoms with Crippen LogP contribution in [0.1, 0.15) is 20.3 Å². The summed E-state index contributed by atoms with van der Waals surface area (Å²) >= 11 is 1.29. The van der Waals surface area contributed by atoms with Crippen molar-refractivity contribution in [1.82, 2.24) is 4.90 Å². The topological polar surface area (TPSA) is 61.8 Å². The van der Waals surface area contributed by atoms with Gasteiger partial charge in [0.25, 0.3) is 0 Å². The lowest BCUT2D eigenvalue weighted by Gasteiger charge is -2.30. The zero-order chi connectivity index (χ0) is 16.1. The van der Waals surface area contributed by atoms with E-state index in [0.29, 0.717) is 23.9 Å². The molecule has 1 saturated heterocycles. The third-order valence-electron chi connectivity index (χ3n) is 3.15. The smallest absolute Gasteiger partial charge is 0.238 e. The van der Waals surface area contributed by atoms with E-state index in [1.165, 1.54) is 36.0 Å². The molecule has 0 bridgehead atoms. The molecule has 0 radical (unpaired) electrons. The first-order chi connectivity index (χ1) is 10.5. The Hall–Kier alpha value is -1.89. The van der Waals surface area contributed by atoms with Gasteiger partial charge in [0.05, 0.1) is 0 Å². The van der Waals surface area contributed by atoms with Gasteiger partial charge in [-0.05, 0) is 38.1 Å². The number of rotatable bonds is 4. The van der Waals surface area contributed by atoms with Gasteiger partial charge in [-0.3, -0.25) is 19.5 Å². The number of benzene rings is 1. The normalized spacial score (nSPS) is 20.3. The monoisotopic (exact) mass is 323 g/mol. The molecule has 22 heavy (non-hydrogen) atoms. The molecule has 0 aliphatic carbocycles. The molecule has 0 spiro atoms. The lowest BCUT2D eigenvalue weighted by atomic mass is 10.2. The maximum Gasteiger partial charge on any atom is 0.238 e. The molecule has 5 nitrogen and oxygen atoms in total. The molecule has 1 aromatic rings. The molecule has 0 aromatic heterocycles. The van der Waals surface area contributed by atoms with E-state index in [1.54, 1.807) is 4.90 Å². The average molecular weight is 323 g/mol. The summed E-state index contributed by atoms with van der Waals surface area (Å²) in [6, 6.07) is 5.53. The van der Waals surface area contributed by atoms with Crippen molar-refractivity contribution in [3.8, 4) is 0 Å². The fourth-order valence-electron chi connectivity index (χ4n) is 2.08. The molecule has 1 aromatic carbocycles. The van der Waals surface area contributed by atoms with Crippen molar-refractivity contribution in [2.75, 3.05) is 18.4 Å². The molecule has 0 saturated carbocycles. The van der Waals surface area contributed by atoms with Crippen LogP contribution in [0.25, 0.3) is 0 Å². The predicted octanol–water partition coefficient (Wildman–Crippen LogP) is 2.49. The van der Waals surface area contributed by atoms with Gasteiger partial charge in [-0.25, -0.2) is 4.39 Å². The number of aliphatic imine (C=N–C) groups is 1. The lowest BCUT2D eigenvalue weighted by molar-refractivity contribution is -0.129. The van der Waals surface area contributed by atoms with Crippen LogP contribution in [0.4, 0.5) is 10.1 Å². The number of hydrogen-bond donors (Lipinski definition) is 1. The second-order valence-corrected chi connectivity index (χ2v) is 5.87. The highest BCUT2D eigenvalue weighted by atomic mass is 32.2. The van der Waals surface area contributed by atoms with Crippen molar-refractivity contribution in [2.24, 2.45) is 4.99 Å². The van der Waals surface area contributed by atoms with Crippen molar-refractivity contribution in [3.63, 3.8) is 0 Å². The Morgan fingerprint density at radius 1 is 1.41 bits per heavy atom. The zero-order valence-electron chi connectivity index (χ0n) is 12.5. The van der Waals surface area contributed by atoms with E-state index in [2.05, 4.69) is 10.3 Å². The number of nitrogens with zero attached hydrogens (tertiary/aromatic N) is 2. The molecular weight excluding hydrogens is 305 g/mol. The van der Waals surface area contributed by atoms with E-state index >= 15 is 0 Å². The first-order valence-electron chi connectivity index (χ1n) is 7.13. The Kier molecular flexibility index (Phi) is 5.54. The summed E-state index contributed by atoms with van der Waals surface area (Å²) in [4.78, 5) is 30.3. The molecule has 0 unspecified atom stereocenters. The largest absolute Gasteiger partial charge is 0.325 e. The standard InChI is InChI=1S/C15H18FN3O2S/c1-3-17-15-19(4-2)13(20)9-12(22-15)14(21)18-11-7-5-10(16)6-8-11/h5-8,12H,3-4,9H2,1-2H3,(H,18,21)/t12-/m0/s1. The van der Waals surface area contributed by atoms with Gasteiger partial charge in [0.15, 0.2) is 5.17 Å². The number of amides is 2. The van der Waals surface area contributed by atoms with Crippen LogP contribution in [0.3, 0.4) is 0 Å². The van der Waals surface area contributed by atoms with Crippen LogP contribution in [-0.2, 0) is 9.59 Å². The number of nitrogens with one attached hydrogen (secondary N) is 1. The molecule has 7 heteroatoms. The highest BCUT2D eigenvalue weighted by Crippen LogP contribution is 2.27. The van der Waals surface area contributed by atoms with Crippen LogP contribution in [0.5, 0.6) is 0 Å². The predicted molar refractivity (Wildman–Crippen MR) is 86.4 cm³/mol. The molecule has 118 valence electrons. The highest BCUT2D eigenvalue weighted by Gasteiger charge is 2.34. The van der Waals surface area contributed by atoms with Crippen molar-refractivity contribution in [2.45, 2.75) is 25.5 Å². The number of amidine groups is 1. The van der Waals surface area contributed by atoms with E-state index in [-0.39, 0.29) is 24.1 Å². The second kappa shape index (κ2) is 7.40. The highest BCUT2D eigenvalue weighted by molar-refractivity contribution is 8.15. The van der Waals surface area contributed by atoms with Gasteiger partial charge >= 0.3 is 0 Å². The summed E-state index contributed by atoms with van der Waals surface area (Å²) in [7, 11) is 0. The van der Waals surface area contributed by atoms with E-state index in [0.717, 1.165) is 0 Å². The zero-order valence-corrected chi connectivity index (χ0v) is 13.3. The first kappa shape index (κ1) is 16.5. The Morgan fingerprint density at radius 3 is 2.68 bits per heavy atom. The molecule has 1 aliphatic heterocycles. The number of thioether (sulfide) groups is 1. The number of hydrogen-bond acceptors (Lipinski definition) is 4. The molecule has 2 amide bonds. The summed E-state index contributed by atoms with van der Waals surface area (Å²) in [5, 5.41) is 2.76. The lowest BCUT2D eigenvalue weighted by Crippen LogP contribution is -2.45. The minimum Gasteiger partial charge on any atom is -0.325 e. The molecular formula is C15H18FN3O2S. The quantitative estimate of drug-likeness (QED) is 0.926. The first-order valence-corrected chi connectivity index (χ1v) is 8.01. The molecule has 1 aliphatic rings.